The smallest absolute Gasteiger partial charge is 0.0288 e. The van der Waals surface area contributed by atoms with E-state index in [1.165, 1.54) is 14.9 Å². The molecule has 0 saturated heterocycles. The molecular weight excluding hydrogens is 246 g/mol. The monoisotopic (exact) mass is 259 g/mol. The molecule has 0 aliphatic rings. The molecular formula is C10H14BrNS. The molecule has 1 heterocycles. The Morgan fingerprint density at radius 2 is 2.46 bits per heavy atom. The number of likely N-dealkylation sites (N-methyl/N-ethyl adjacent to an activating group) is 1. The molecule has 72 valence electrons. The molecule has 13 heavy (non-hydrogen) atoms. The maximum absolute atomic E-state index is 3.44. The van der Waals surface area contributed by atoms with Crippen molar-refractivity contribution in [2.45, 2.75) is 13.8 Å². The molecule has 0 bridgehead atoms. The van der Waals surface area contributed by atoms with Gasteiger partial charge in [-0.3, -0.25) is 0 Å². The van der Waals surface area contributed by atoms with E-state index in [4.69, 9.17) is 0 Å². The van der Waals surface area contributed by atoms with Crippen molar-refractivity contribution >= 4 is 33.3 Å². The first-order valence-corrected chi connectivity index (χ1v) is 6.01. The van der Waals surface area contributed by atoms with Gasteiger partial charge in [-0.2, -0.15) is 0 Å². The molecule has 1 aromatic rings. The van der Waals surface area contributed by atoms with Gasteiger partial charge in [0, 0.05) is 21.3 Å². The molecule has 3 heteroatoms. The number of thiophene rings is 1. The average molecular weight is 260 g/mol. The minimum absolute atomic E-state index is 0.978. The lowest BCUT2D eigenvalue weighted by molar-refractivity contribution is 0.779. The number of hydrogen-bond donors (Lipinski definition) is 1. The molecule has 1 nitrogen and oxygen atoms in total. The van der Waals surface area contributed by atoms with Crippen LogP contribution in [-0.2, 0) is 0 Å². The van der Waals surface area contributed by atoms with Crippen LogP contribution in [0, 0.1) is 0 Å². The third kappa shape index (κ3) is 4.07. The van der Waals surface area contributed by atoms with Crippen LogP contribution in [0.25, 0.3) is 6.08 Å². The first-order chi connectivity index (χ1) is 6.22. The highest BCUT2D eigenvalue weighted by Crippen LogP contribution is 2.21. The van der Waals surface area contributed by atoms with Gasteiger partial charge >= 0.3 is 0 Å². The van der Waals surface area contributed by atoms with Crippen molar-refractivity contribution in [3.63, 3.8) is 0 Å². The number of nitrogens with one attached hydrogen (secondary N) is 1. The lowest BCUT2D eigenvalue weighted by atomic mass is 10.2. The molecule has 0 radical (unpaired) electrons. The van der Waals surface area contributed by atoms with Gasteiger partial charge in [-0.25, -0.2) is 0 Å². The topological polar surface area (TPSA) is 12.0 Å². The summed E-state index contributed by atoms with van der Waals surface area (Å²) < 4.78 is 1.17. The minimum Gasteiger partial charge on any atom is -0.313 e. The fourth-order valence-corrected chi connectivity index (χ4v) is 2.48. The van der Waals surface area contributed by atoms with Gasteiger partial charge in [0.15, 0.2) is 0 Å². The maximum Gasteiger partial charge on any atom is 0.0288 e. The van der Waals surface area contributed by atoms with Gasteiger partial charge in [-0.1, -0.05) is 12.5 Å². The summed E-state index contributed by atoms with van der Waals surface area (Å²) in [5.74, 6) is 0. The van der Waals surface area contributed by atoms with Crippen molar-refractivity contribution in [1.82, 2.24) is 5.32 Å². The molecule has 0 fully saturated rings. The lowest BCUT2D eigenvalue weighted by Crippen LogP contribution is -2.14. The van der Waals surface area contributed by atoms with Crippen LogP contribution >= 0.6 is 27.3 Å². The minimum atomic E-state index is 0.978. The van der Waals surface area contributed by atoms with Crippen LogP contribution < -0.4 is 5.32 Å². The van der Waals surface area contributed by atoms with Crippen LogP contribution in [0.3, 0.4) is 0 Å². The van der Waals surface area contributed by atoms with E-state index in [0.29, 0.717) is 0 Å². The molecule has 1 rings (SSSR count). The highest BCUT2D eigenvalue weighted by molar-refractivity contribution is 9.10. The highest BCUT2D eigenvalue weighted by atomic mass is 79.9. The van der Waals surface area contributed by atoms with Gasteiger partial charge in [0.1, 0.15) is 0 Å². The molecule has 0 spiro atoms. The second-order valence-electron chi connectivity index (χ2n) is 2.94. The Kier molecular flexibility index (Phi) is 4.70. The summed E-state index contributed by atoms with van der Waals surface area (Å²) in [6.45, 7) is 6.27. The fraction of sp³-hybridized carbons (Fsp3) is 0.400. The van der Waals surface area contributed by atoms with Crippen LogP contribution in [0.5, 0.6) is 0 Å². The van der Waals surface area contributed by atoms with E-state index in [0.717, 1.165) is 13.1 Å². The van der Waals surface area contributed by atoms with Gasteiger partial charge in [0.25, 0.3) is 0 Å². The Bertz CT molecular complexity index is 291. The lowest BCUT2D eigenvalue weighted by Gasteiger charge is -2.00. The SMILES string of the molecule is CCNCC(C)=Cc1cc(Br)cs1. The summed E-state index contributed by atoms with van der Waals surface area (Å²) in [5.41, 5.74) is 1.37. The van der Waals surface area contributed by atoms with Gasteiger partial charge in [0.2, 0.25) is 0 Å². The Labute approximate surface area is 92.0 Å². The van der Waals surface area contributed by atoms with Gasteiger partial charge in [0.05, 0.1) is 0 Å². The van der Waals surface area contributed by atoms with E-state index in [-0.39, 0.29) is 0 Å². The summed E-state index contributed by atoms with van der Waals surface area (Å²) >= 11 is 5.20. The fourth-order valence-electron chi connectivity index (χ4n) is 1.02. The number of hydrogen-bond acceptors (Lipinski definition) is 2. The van der Waals surface area contributed by atoms with E-state index in [2.05, 4.69) is 52.6 Å². The van der Waals surface area contributed by atoms with Crippen molar-refractivity contribution in [2.75, 3.05) is 13.1 Å². The zero-order valence-electron chi connectivity index (χ0n) is 7.93. The molecule has 1 aromatic heterocycles. The Balaban J connectivity index is 2.54. The number of halogens is 1. The van der Waals surface area contributed by atoms with E-state index in [1.54, 1.807) is 11.3 Å². The van der Waals surface area contributed by atoms with Crippen LogP contribution in [0.4, 0.5) is 0 Å². The van der Waals surface area contributed by atoms with Crippen molar-refractivity contribution in [3.05, 3.63) is 26.4 Å². The standard InChI is InChI=1S/C10H14BrNS/c1-3-12-6-8(2)4-10-5-9(11)7-13-10/h4-5,7,12H,3,6H2,1-2H3. The third-order valence-corrected chi connectivity index (χ3v) is 3.27. The molecule has 1 N–H and O–H groups in total. The normalized spacial score (nSPS) is 12.1. The number of rotatable bonds is 4. The quantitative estimate of drug-likeness (QED) is 0.873. The summed E-state index contributed by atoms with van der Waals surface area (Å²) in [7, 11) is 0. The van der Waals surface area contributed by atoms with Crippen LogP contribution in [0.2, 0.25) is 0 Å². The summed E-state index contributed by atoms with van der Waals surface area (Å²) in [6.07, 6.45) is 2.22. The van der Waals surface area contributed by atoms with E-state index in [9.17, 15) is 0 Å². The molecule has 0 aromatic carbocycles. The predicted molar refractivity (Wildman–Crippen MR) is 64.2 cm³/mol. The molecule has 0 unspecified atom stereocenters. The second-order valence-corrected chi connectivity index (χ2v) is 4.80. The largest absolute Gasteiger partial charge is 0.313 e. The third-order valence-electron chi connectivity index (χ3n) is 1.63. The average Bonchev–Trinajstić information content (AvgIpc) is 2.48. The molecule has 0 aliphatic carbocycles. The van der Waals surface area contributed by atoms with Crippen molar-refractivity contribution < 1.29 is 0 Å². The predicted octanol–water partition coefficient (Wildman–Crippen LogP) is 3.52. The molecule has 0 amide bonds. The van der Waals surface area contributed by atoms with Crippen molar-refractivity contribution in [2.24, 2.45) is 0 Å². The van der Waals surface area contributed by atoms with Crippen molar-refractivity contribution in [1.29, 1.82) is 0 Å². The molecule has 0 atom stereocenters. The zero-order chi connectivity index (χ0) is 9.68. The molecule has 0 aliphatic heterocycles. The van der Waals surface area contributed by atoms with Gasteiger partial charge < -0.3 is 5.32 Å². The summed E-state index contributed by atoms with van der Waals surface area (Å²) in [4.78, 5) is 1.31. The Hall–Kier alpha value is -0.120. The highest BCUT2D eigenvalue weighted by Gasteiger charge is 1.94. The van der Waals surface area contributed by atoms with E-state index >= 15 is 0 Å². The van der Waals surface area contributed by atoms with Gasteiger partial charge in [-0.05, 0) is 41.5 Å². The Morgan fingerprint density at radius 3 is 3.00 bits per heavy atom. The zero-order valence-corrected chi connectivity index (χ0v) is 10.3. The summed E-state index contributed by atoms with van der Waals surface area (Å²) in [5, 5.41) is 5.40. The first-order valence-electron chi connectivity index (χ1n) is 4.34. The molecule has 0 saturated carbocycles. The second kappa shape index (κ2) is 5.58. The maximum atomic E-state index is 3.44. The first kappa shape index (κ1) is 11.0. The van der Waals surface area contributed by atoms with Crippen LogP contribution in [-0.4, -0.2) is 13.1 Å². The van der Waals surface area contributed by atoms with Crippen LogP contribution in [0.1, 0.15) is 18.7 Å². The van der Waals surface area contributed by atoms with Crippen molar-refractivity contribution in [3.8, 4) is 0 Å². The summed E-state index contributed by atoms with van der Waals surface area (Å²) in [6, 6.07) is 2.14. The van der Waals surface area contributed by atoms with Crippen LogP contribution in [0.15, 0.2) is 21.5 Å². The van der Waals surface area contributed by atoms with E-state index in [1.807, 2.05) is 0 Å². The van der Waals surface area contributed by atoms with Gasteiger partial charge in [-0.15, -0.1) is 11.3 Å². The van der Waals surface area contributed by atoms with E-state index < -0.39 is 0 Å². The Morgan fingerprint density at radius 1 is 1.69 bits per heavy atom.